The summed E-state index contributed by atoms with van der Waals surface area (Å²) in [5.41, 5.74) is -2.01. The Balaban J connectivity index is 1.82. The van der Waals surface area contributed by atoms with E-state index in [1.807, 2.05) is 0 Å². The summed E-state index contributed by atoms with van der Waals surface area (Å²) in [4.78, 5) is 36.9. The molecule has 2 aromatic rings. The number of ether oxygens (including phenoxy) is 1. The van der Waals surface area contributed by atoms with E-state index in [0.717, 1.165) is 44.2 Å². The summed E-state index contributed by atoms with van der Waals surface area (Å²) in [7, 11) is 3.03. The van der Waals surface area contributed by atoms with E-state index in [4.69, 9.17) is 9.15 Å². The van der Waals surface area contributed by atoms with E-state index >= 15 is 0 Å². The zero-order valence-electron chi connectivity index (χ0n) is 17.5. The molecule has 0 aliphatic rings. The summed E-state index contributed by atoms with van der Waals surface area (Å²) in [6, 6.07) is 1.86. The average Bonchev–Trinajstić information content (AvgIpc) is 2.75. The third kappa shape index (κ3) is 6.40. The van der Waals surface area contributed by atoms with E-state index in [-0.39, 0.29) is 10.9 Å². The number of amides is 2. The molecule has 1 aromatic heterocycles. The van der Waals surface area contributed by atoms with Crippen molar-refractivity contribution in [3.63, 3.8) is 0 Å². The van der Waals surface area contributed by atoms with Gasteiger partial charge in [0.1, 0.15) is 5.56 Å². The fourth-order valence-electron chi connectivity index (χ4n) is 3.03. The van der Waals surface area contributed by atoms with E-state index in [1.165, 1.54) is 19.0 Å². The van der Waals surface area contributed by atoms with Gasteiger partial charge in [-0.1, -0.05) is 25.7 Å². The number of nitrogens with one attached hydrogen (secondary N) is 1. The Labute approximate surface area is 177 Å². The van der Waals surface area contributed by atoms with Gasteiger partial charge in [-0.3, -0.25) is 4.79 Å². The van der Waals surface area contributed by atoms with Crippen molar-refractivity contribution in [1.29, 1.82) is 0 Å². The Morgan fingerprint density at radius 1 is 1.13 bits per heavy atom. The number of carbonyl (C=O) groups excluding carboxylic acids is 2. The highest BCUT2D eigenvalue weighted by Crippen LogP contribution is 2.28. The first-order valence-electron chi connectivity index (χ1n) is 10.0. The molecule has 0 spiro atoms. The molecule has 0 atom stereocenters. The van der Waals surface area contributed by atoms with Gasteiger partial charge in [-0.05, 0) is 25.0 Å². The number of rotatable bonds is 10. The summed E-state index contributed by atoms with van der Waals surface area (Å²) in [6.07, 6.45) is 4.76. The van der Waals surface area contributed by atoms with Crippen LogP contribution in [0.2, 0.25) is 0 Å². The number of fused-ring (bicyclic) bond motifs is 1. The second-order valence-corrected chi connectivity index (χ2v) is 7.12. The molecule has 170 valence electrons. The number of aromatic hydroxyl groups is 1. The highest BCUT2D eigenvalue weighted by atomic mass is 19.1. The fourth-order valence-corrected chi connectivity index (χ4v) is 3.03. The normalized spacial score (nSPS) is 10.8. The van der Waals surface area contributed by atoms with Gasteiger partial charge in [0, 0.05) is 26.0 Å². The Morgan fingerprint density at radius 2 is 1.77 bits per heavy atom. The average molecular weight is 440 g/mol. The largest absolute Gasteiger partial charge is 0.503 e. The van der Waals surface area contributed by atoms with Crippen molar-refractivity contribution in [1.82, 2.24) is 10.2 Å². The molecule has 8 nitrogen and oxygen atoms in total. The highest BCUT2D eigenvalue weighted by molar-refractivity contribution is 5.96. The molecular formula is C21H26F2N2O6. The molecule has 2 N–H and O–H groups in total. The zero-order chi connectivity index (χ0) is 23.0. The molecule has 2 rings (SSSR count). The van der Waals surface area contributed by atoms with E-state index in [1.54, 1.807) is 0 Å². The number of benzene rings is 1. The molecule has 0 radical (unpaired) electrons. The number of unbranched alkanes of at least 4 members (excludes halogenated alkanes) is 5. The number of phenolic OH excluding ortho intramolecular Hbond substituents is 1. The number of hydrogen-bond donors (Lipinski definition) is 2. The SMILES string of the molecule is CNC(=O)OCCCCCCCCN(C)C(=O)c1cc2cc(F)c(O)c(F)c2oc1=O. The quantitative estimate of drug-likeness (QED) is 0.432. The molecule has 1 aromatic carbocycles. The molecule has 2 amide bonds. The maximum absolute atomic E-state index is 13.9. The zero-order valence-corrected chi connectivity index (χ0v) is 17.5. The van der Waals surface area contributed by atoms with Crippen LogP contribution in [0.3, 0.4) is 0 Å². The lowest BCUT2D eigenvalue weighted by Gasteiger charge is -2.16. The van der Waals surface area contributed by atoms with Crippen LogP contribution < -0.4 is 10.9 Å². The van der Waals surface area contributed by atoms with Crippen molar-refractivity contribution in [3.8, 4) is 5.75 Å². The summed E-state index contributed by atoms with van der Waals surface area (Å²) in [5.74, 6) is -4.47. The van der Waals surface area contributed by atoms with Crippen LogP contribution >= 0.6 is 0 Å². The summed E-state index contributed by atoms with van der Waals surface area (Å²) in [5, 5.41) is 11.5. The number of phenols is 1. The monoisotopic (exact) mass is 440 g/mol. The molecular weight excluding hydrogens is 414 g/mol. The Morgan fingerprint density at radius 3 is 2.45 bits per heavy atom. The predicted octanol–water partition coefficient (Wildman–Crippen LogP) is 3.55. The first-order chi connectivity index (χ1) is 14.8. The Bertz CT molecular complexity index is 992. The molecule has 0 unspecified atom stereocenters. The minimum Gasteiger partial charge on any atom is -0.503 e. The van der Waals surface area contributed by atoms with Gasteiger partial charge in [-0.2, -0.15) is 4.39 Å². The second kappa shape index (κ2) is 11.3. The third-order valence-electron chi connectivity index (χ3n) is 4.79. The van der Waals surface area contributed by atoms with E-state index in [2.05, 4.69) is 5.32 Å². The second-order valence-electron chi connectivity index (χ2n) is 7.12. The van der Waals surface area contributed by atoms with Crippen molar-refractivity contribution in [2.45, 2.75) is 38.5 Å². The molecule has 0 aliphatic heterocycles. The lowest BCUT2D eigenvalue weighted by molar-refractivity contribution is 0.0788. The molecule has 1 heterocycles. The molecule has 0 aliphatic carbocycles. The molecule has 10 heteroatoms. The van der Waals surface area contributed by atoms with Gasteiger partial charge in [0.05, 0.1) is 6.61 Å². The van der Waals surface area contributed by atoms with Crippen LogP contribution in [-0.4, -0.2) is 49.3 Å². The minimum absolute atomic E-state index is 0.135. The Kier molecular flexibility index (Phi) is 8.77. The topological polar surface area (TPSA) is 109 Å². The number of hydrogen-bond acceptors (Lipinski definition) is 6. The summed E-state index contributed by atoms with van der Waals surface area (Å²) in [6.45, 7) is 0.771. The number of carbonyl (C=O) groups is 2. The standard InChI is InChI=1S/C21H26F2N2O6/c1-24-21(29)30-10-8-6-4-3-5-7-9-25(2)19(27)14-11-13-12-15(22)17(26)16(23)18(13)31-20(14)28/h11-12,26H,3-10H2,1-2H3,(H,24,29). The summed E-state index contributed by atoms with van der Waals surface area (Å²) >= 11 is 0. The van der Waals surface area contributed by atoms with Crippen molar-refractivity contribution in [3.05, 3.63) is 39.8 Å². The van der Waals surface area contributed by atoms with Crippen LogP contribution in [0.15, 0.2) is 21.3 Å². The smallest absolute Gasteiger partial charge is 0.406 e. The first kappa shape index (κ1) is 24.1. The van der Waals surface area contributed by atoms with Crippen LogP contribution in [0.4, 0.5) is 13.6 Å². The number of alkyl carbamates (subject to hydrolysis) is 1. The molecule has 31 heavy (non-hydrogen) atoms. The van der Waals surface area contributed by atoms with Crippen molar-refractivity contribution in [2.75, 3.05) is 27.2 Å². The molecule has 0 saturated heterocycles. The van der Waals surface area contributed by atoms with Crippen molar-refractivity contribution < 1.29 is 32.6 Å². The number of nitrogens with zero attached hydrogens (tertiary/aromatic N) is 1. The van der Waals surface area contributed by atoms with Crippen LogP contribution in [0.25, 0.3) is 11.0 Å². The highest BCUT2D eigenvalue weighted by Gasteiger charge is 2.21. The molecule has 0 saturated carbocycles. The maximum Gasteiger partial charge on any atom is 0.406 e. The number of halogens is 2. The minimum atomic E-state index is -1.39. The van der Waals surface area contributed by atoms with Crippen molar-refractivity contribution in [2.24, 2.45) is 0 Å². The van der Waals surface area contributed by atoms with Gasteiger partial charge in [0.15, 0.2) is 17.1 Å². The van der Waals surface area contributed by atoms with Crippen LogP contribution in [-0.2, 0) is 4.74 Å². The van der Waals surface area contributed by atoms with Gasteiger partial charge < -0.3 is 24.5 Å². The Hall–Kier alpha value is -3.17. The van der Waals surface area contributed by atoms with Crippen LogP contribution in [0, 0.1) is 11.6 Å². The molecule has 0 bridgehead atoms. The van der Waals surface area contributed by atoms with Gasteiger partial charge in [-0.15, -0.1) is 0 Å². The van der Waals surface area contributed by atoms with Crippen LogP contribution in [0.5, 0.6) is 5.75 Å². The molecule has 0 fully saturated rings. The van der Waals surface area contributed by atoms with Gasteiger partial charge in [0.25, 0.3) is 5.91 Å². The van der Waals surface area contributed by atoms with Gasteiger partial charge in [-0.25, -0.2) is 14.0 Å². The maximum atomic E-state index is 13.9. The van der Waals surface area contributed by atoms with Crippen LogP contribution in [0.1, 0.15) is 48.9 Å². The van der Waals surface area contributed by atoms with Gasteiger partial charge in [0.2, 0.25) is 5.82 Å². The first-order valence-corrected chi connectivity index (χ1v) is 10.0. The van der Waals surface area contributed by atoms with Crippen molar-refractivity contribution >= 4 is 23.0 Å². The van der Waals surface area contributed by atoms with Gasteiger partial charge >= 0.3 is 11.7 Å². The lowest BCUT2D eigenvalue weighted by Crippen LogP contribution is -2.31. The van der Waals surface area contributed by atoms with E-state index in [0.29, 0.717) is 19.6 Å². The lowest BCUT2D eigenvalue weighted by atomic mass is 10.1. The van der Waals surface area contributed by atoms with E-state index in [9.17, 15) is 28.3 Å². The summed E-state index contributed by atoms with van der Waals surface area (Å²) < 4.78 is 37.1. The third-order valence-corrected chi connectivity index (χ3v) is 4.79. The van der Waals surface area contributed by atoms with E-state index < -0.39 is 40.6 Å². The fraction of sp³-hybridized carbons (Fsp3) is 0.476. The predicted molar refractivity (Wildman–Crippen MR) is 109 cm³/mol.